The van der Waals surface area contributed by atoms with Crippen molar-refractivity contribution in [1.82, 2.24) is 5.32 Å². The fourth-order valence-electron chi connectivity index (χ4n) is 2.09. The molecule has 6 nitrogen and oxygen atoms in total. The number of rotatable bonds is 5. The number of esters is 1. The smallest absolute Gasteiger partial charge is 0.416 e. The lowest BCUT2D eigenvalue weighted by Gasteiger charge is -2.26. The van der Waals surface area contributed by atoms with Gasteiger partial charge >= 0.3 is 18.2 Å². The van der Waals surface area contributed by atoms with Gasteiger partial charge in [-0.05, 0) is 38.5 Å². The number of alkyl halides is 3. The normalized spacial score (nSPS) is 14.3. The fourth-order valence-corrected chi connectivity index (χ4v) is 2.09. The first-order chi connectivity index (χ1) is 11.8. The van der Waals surface area contributed by atoms with Crippen LogP contribution in [-0.4, -0.2) is 35.9 Å². The molecule has 2 N–H and O–H groups in total. The number of aliphatic hydroxyl groups is 1. The van der Waals surface area contributed by atoms with Crippen LogP contribution in [0.2, 0.25) is 0 Å². The molecule has 146 valence electrons. The number of hydrogen-bond acceptors (Lipinski definition) is 5. The van der Waals surface area contributed by atoms with E-state index in [1.165, 1.54) is 6.07 Å². The number of benzene rings is 1. The summed E-state index contributed by atoms with van der Waals surface area (Å²) in [5, 5.41) is 12.7. The summed E-state index contributed by atoms with van der Waals surface area (Å²) in [6.45, 7) is 4.85. The molecular weight excluding hydrogens is 355 g/mol. The summed E-state index contributed by atoms with van der Waals surface area (Å²) in [6.07, 6.45) is -7.54. The highest BCUT2D eigenvalue weighted by Crippen LogP contribution is 2.31. The molecule has 0 heterocycles. The van der Waals surface area contributed by atoms with Crippen molar-refractivity contribution in [2.45, 2.75) is 51.1 Å². The van der Waals surface area contributed by atoms with E-state index in [0.29, 0.717) is 0 Å². The number of nitrogens with one attached hydrogen (secondary N) is 1. The number of hydrogen-bond donors (Lipinski definition) is 2. The second-order valence-electron chi connectivity index (χ2n) is 6.60. The van der Waals surface area contributed by atoms with E-state index in [9.17, 15) is 27.9 Å². The molecular formula is C17H22F3NO5. The van der Waals surface area contributed by atoms with Gasteiger partial charge in [0.05, 0.1) is 31.2 Å². The van der Waals surface area contributed by atoms with Crippen molar-refractivity contribution >= 4 is 12.1 Å². The topological polar surface area (TPSA) is 84.9 Å². The summed E-state index contributed by atoms with van der Waals surface area (Å²) in [5.74, 6) is -0.753. The lowest BCUT2D eigenvalue weighted by atomic mass is 9.98. The number of alkyl carbamates (subject to hydrolysis) is 1. The van der Waals surface area contributed by atoms with Crippen LogP contribution in [0.4, 0.5) is 18.0 Å². The van der Waals surface area contributed by atoms with Crippen LogP contribution >= 0.6 is 0 Å². The van der Waals surface area contributed by atoms with Gasteiger partial charge in [-0.1, -0.05) is 12.1 Å². The van der Waals surface area contributed by atoms with Gasteiger partial charge in [0.2, 0.25) is 0 Å². The Morgan fingerprint density at radius 2 is 1.85 bits per heavy atom. The Hall–Kier alpha value is -2.29. The Kier molecular flexibility index (Phi) is 7.02. The Morgan fingerprint density at radius 1 is 1.23 bits per heavy atom. The second kappa shape index (κ2) is 8.39. The average molecular weight is 377 g/mol. The quantitative estimate of drug-likeness (QED) is 0.770. The molecule has 2 atom stereocenters. The van der Waals surface area contributed by atoms with Crippen molar-refractivity contribution in [2.24, 2.45) is 0 Å². The highest BCUT2D eigenvalue weighted by atomic mass is 19.4. The summed E-state index contributed by atoms with van der Waals surface area (Å²) >= 11 is 0. The molecule has 1 rings (SSSR count). The minimum absolute atomic E-state index is 0.107. The number of halogens is 3. The molecule has 1 amide bonds. The van der Waals surface area contributed by atoms with Gasteiger partial charge in [-0.2, -0.15) is 13.2 Å². The SMILES string of the molecule is COC(=O)C[C@H](NC(=O)OC(C)(C)C)C(O)c1cccc(C(F)(F)F)c1. The van der Waals surface area contributed by atoms with Gasteiger partial charge in [0, 0.05) is 0 Å². The first-order valence-electron chi connectivity index (χ1n) is 7.75. The average Bonchev–Trinajstić information content (AvgIpc) is 2.50. The van der Waals surface area contributed by atoms with Crippen LogP contribution in [-0.2, 0) is 20.4 Å². The van der Waals surface area contributed by atoms with Crippen LogP contribution in [0.25, 0.3) is 0 Å². The van der Waals surface area contributed by atoms with E-state index >= 15 is 0 Å². The Bertz CT molecular complexity index is 640. The number of aliphatic hydroxyl groups excluding tert-OH is 1. The van der Waals surface area contributed by atoms with Crippen LogP contribution in [0, 0.1) is 0 Å². The molecule has 0 saturated carbocycles. The molecule has 0 fully saturated rings. The number of ether oxygens (including phenoxy) is 2. The van der Waals surface area contributed by atoms with Gasteiger partial charge in [0.15, 0.2) is 0 Å². The van der Waals surface area contributed by atoms with Gasteiger partial charge in [-0.3, -0.25) is 4.79 Å². The largest absolute Gasteiger partial charge is 0.469 e. The molecule has 0 bridgehead atoms. The molecule has 0 aromatic heterocycles. The number of methoxy groups -OCH3 is 1. The zero-order chi connectivity index (χ0) is 20.1. The number of amides is 1. The van der Waals surface area contributed by atoms with E-state index in [-0.39, 0.29) is 5.56 Å². The van der Waals surface area contributed by atoms with Crippen molar-refractivity contribution in [3.8, 4) is 0 Å². The zero-order valence-electron chi connectivity index (χ0n) is 14.9. The van der Waals surface area contributed by atoms with Crippen LogP contribution in [0.1, 0.15) is 44.4 Å². The van der Waals surface area contributed by atoms with Crippen LogP contribution in [0.3, 0.4) is 0 Å². The zero-order valence-corrected chi connectivity index (χ0v) is 14.9. The molecule has 0 radical (unpaired) electrons. The Morgan fingerprint density at radius 3 is 2.35 bits per heavy atom. The van der Waals surface area contributed by atoms with Crippen LogP contribution in [0.5, 0.6) is 0 Å². The third kappa shape index (κ3) is 6.91. The van der Waals surface area contributed by atoms with Crippen molar-refractivity contribution in [3.63, 3.8) is 0 Å². The minimum atomic E-state index is -4.59. The Balaban J connectivity index is 3.06. The Labute approximate surface area is 149 Å². The highest BCUT2D eigenvalue weighted by molar-refractivity contribution is 5.73. The molecule has 26 heavy (non-hydrogen) atoms. The van der Waals surface area contributed by atoms with Crippen molar-refractivity contribution in [1.29, 1.82) is 0 Å². The summed E-state index contributed by atoms with van der Waals surface area (Å²) in [4.78, 5) is 23.5. The summed E-state index contributed by atoms with van der Waals surface area (Å²) in [7, 11) is 1.11. The highest BCUT2D eigenvalue weighted by Gasteiger charge is 2.33. The summed E-state index contributed by atoms with van der Waals surface area (Å²) in [6, 6.07) is 2.77. The third-order valence-electron chi connectivity index (χ3n) is 3.25. The van der Waals surface area contributed by atoms with E-state index in [4.69, 9.17) is 4.74 Å². The lowest BCUT2D eigenvalue weighted by Crippen LogP contribution is -2.43. The maximum absolute atomic E-state index is 12.8. The van der Waals surface area contributed by atoms with Gasteiger partial charge in [0.25, 0.3) is 0 Å². The maximum atomic E-state index is 12.8. The van der Waals surface area contributed by atoms with Gasteiger partial charge < -0.3 is 19.9 Å². The molecule has 9 heteroatoms. The van der Waals surface area contributed by atoms with Crippen LogP contribution < -0.4 is 5.32 Å². The van der Waals surface area contributed by atoms with E-state index in [2.05, 4.69) is 10.1 Å². The first-order valence-corrected chi connectivity index (χ1v) is 7.75. The predicted octanol–water partition coefficient (Wildman–Crippen LogP) is 3.20. The molecule has 0 aliphatic rings. The number of carbonyl (C=O) groups is 2. The van der Waals surface area contributed by atoms with Gasteiger partial charge in [0.1, 0.15) is 5.60 Å². The lowest BCUT2D eigenvalue weighted by molar-refractivity contribution is -0.142. The van der Waals surface area contributed by atoms with E-state index in [1.54, 1.807) is 20.8 Å². The monoisotopic (exact) mass is 377 g/mol. The van der Waals surface area contributed by atoms with Crippen molar-refractivity contribution < 1.29 is 37.3 Å². The minimum Gasteiger partial charge on any atom is -0.469 e. The molecule has 0 aliphatic heterocycles. The van der Waals surface area contributed by atoms with Gasteiger partial charge in [-0.15, -0.1) is 0 Å². The second-order valence-corrected chi connectivity index (χ2v) is 6.60. The van der Waals surface area contributed by atoms with E-state index in [1.807, 2.05) is 0 Å². The fraction of sp³-hybridized carbons (Fsp3) is 0.529. The first kappa shape index (κ1) is 21.8. The third-order valence-corrected chi connectivity index (χ3v) is 3.25. The van der Waals surface area contributed by atoms with Crippen molar-refractivity contribution in [3.05, 3.63) is 35.4 Å². The summed E-state index contributed by atoms with van der Waals surface area (Å²) < 4.78 is 48.1. The molecule has 0 spiro atoms. The molecule has 0 saturated heterocycles. The number of carbonyl (C=O) groups excluding carboxylic acids is 2. The van der Waals surface area contributed by atoms with E-state index in [0.717, 1.165) is 25.3 Å². The molecule has 1 unspecified atom stereocenters. The molecule has 1 aromatic rings. The van der Waals surface area contributed by atoms with E-state index < -0.39 is 48.0 Å². The molecule has 0 aliphatic carbocycles. The van der Waals surface area contributed by atoms with Gasteiger partial charge in [-0.25, -0.2) is 4.79 Å². The molecule has 1 aromatic carbocycles. The van der Waals surface area contributed by atoms with Crippen LogP contribution in [0.15, 0.2) is 24.3 Å². The standard InChI is InChI=1S/C17H22F3NO5/c1-16(2,3)26-15(24)21-12(9-13(22)25-4)14(23)10-6-5-7-11(8-10)17(18,19)20/h5-8,12,14,23H,9H2,1-4H3,(H,21,24)/t12-,14?/m0/s1. The summed E-state index contributed by atoms with van der Waals surface area (Å²) in [5.41, 5.74) is -1.89. The predicted molar refractivity (Wildman–Crippen MR) is 86.2 cm³/mol. The maximum Gasteiger partial charge on any atom is 0.416 e. The van der Waals surface area contributed by atoms with Crippen molar-refractivity contribution in [2.75, 3.05) is 7.11 Å².